The van der Waals surface area contributed by atoms with Crippen LogP contribution in [0.4, 0.5) is 0 Å². The van der Waals surface area contributed by atoms with E-state index >= 15 is 0 Å². The molecule has 10 rings (SSSR count). The van der Waals surface area contributed by atoms with Crippen LogP contribution < -0.4 is 5.32 Å². The van der Waals surface area contributed by atoms with E-state index in [0.717, 1.165) is 28.4 Å². The first-order chi connectivity index (χ1) is 27.7. The average molecular weight is 756 g/mol. The van der Waals surface area contributed by atoms with Gasteiger partial charge in [0.05, 0.1) is 0 Å². The fourth-order valence-corrected chi connectivity index (χ4v) is 10.0. The first-order valence-corrected chi connectivity index (χ1v) is 20.9. The number of nitrogens with one attached hydrogen (secondary N) is 1. The molecule has 0 saturated heterocycles. The van der Waals surface area contributed by atoms with E-state index in [1.165, 1.54) is 77.5 Å². The van der Waals surface area contributed by atoms with Crippen molar-refractivity contribution in [2.45, 2.75) is 57.5 Å². The van der Waals surface area contributed by atoms with Gasteiger partial charge in [-0.25, -0.2) is 9.98 Å². The van der Waals surface area contributed by atoms with Gasteiger partial charge < -0.3 is 5.32 Å². The van der Waals surface area contributed by atoms with Crippen molar-refractivity contribution >= 4 is 43.2 Å². The van der Waals surface area contributed by atoms with Crippen molar-refractivity contribution < 1.29 is 0 Å². The molecule has 0 bridgehead atoms. The molecule has 278 valence electrons. The molecule has 1 atom stereocenters. The zero-order valence-corrected chi connectivity index (χ0v) is 33.7. The van der Waals surface area contributed by atoms with Crippen LogP contribution in [-0.2, 0) is 10.8 Å². The van der Waals surface area contributed by atoms with E-state index in [1.807, 2.05) is 11.3 Å². The van der Waals surface area contributed by atoms with Crippen LogP contribution in [-0.4, -0.2) is 11.7 Å². The highest BCUT2D eigenvalue weighted by Gasteiger charge is 2.37. The van der Waals surface area contributed by atoms with Gasteiger partial charge in [0.15, 0.2) is 5.84 Å². The Hall–Kier alpha value is -6.10. The predicted molar refractivity (Wildman–Crippen MR) is 243 cm³/mol. The number of fused-ring (bicyclic) bond motifs is 4. The van der Waals surface area contributed by atoms with Crippen LogP contribution in [0.25, 0.3) is 53.6 Å². The van der Waals surface area contributed by atoms with Crippen LogP contribution in [0.5, 0.6) is 0 Å². The summed E-state index contributed by atoms with van der Waals surface area (Å²) in [4.78, 5) is 10.7. The second-order valence-electron chi connectivity index (χ2n) is 16.9. The lowest BCUT2D eigenvalue weighted by atomic mass is 9.63. The minimum atomic E-state index is -0.299. The summed E-state index contributed by atoms with van der Waals surface area (Å²) in [6, 6.07) is 59.4. The molecule has 1 aliphatic carbocycles. The largest absolute Gasteiger partial charge is 0.344 e. The molecule has 2 heterocycles. The molecule has 1 unspecified atom stereocenters. The van der Waals surface area contributed by atoms with E-state index in [4.69, 9.17) is 9.98 Å². The summed E-state index contributed by atoms with van der Waals surface area (Å²) in [5, 5.41) is 6.29. The predicted octanol–water partition coefficient (Wildman–Crippen LogP) is 13.9. The minimum absolute atomic E-state index is 0.0985. The SMILES string of the molecule is CC1(C)CCC(C)(C)c2cc(-c3cc(C4=NC(c5ccccc5)NC(c5ccc(-c6ccccc6)cc5)=N4)cc(-c4cccc5c4sc4ccccc45)c3)ccc21. The molecule has 0 saturated carbocycles. The maximum Gasteiger partial charge on any atom is 0.159 e. The smallest absolute Gasteiger partial charge is 0.159 e. The molecule has 0 fully saturated rings. The van der Waals surface area contributed by atoms with Gasteiger partial charge in [0, 0.05) is 31.3 Å². The molecule has 0 radical (unpaired) electrons. The summed E-state index contributed by atoms with van der Waals surface area (Å²) >= 11 is 1.87. The Morgan fingerprint density at radius 2 is 1.12 bits per heavy atom. The Morgan fingerprint density at radius 1 is 0.509 bits per heavy atom. The molecule has 3 nitrogen and oxygen atoms in total. The Morgan fingerprint density at radius 3 is 1.91 bits per heavy atom. The fourth-order valence-electron chi connectivity index (χ4n) is 8.80. The summed E-state index contributed by atoms with van der Waals surface area (Å²) in [6.45, 7) is 9.61. The second-order valence-corrected chi connectivity index (χ2v) is 18.0. The summed E-state index contributed by atoms with van der Waals surface area (Å²) < 4.78 is 2.60. The van der Waals surface area contributed by atoms with Gasteiger partial charge in [-0.05, 0) is 98.0 Å². The molecule has 8 aromatic rings. The number of nitrogens with zero attached hydrogens (tertiary/aromatic N) is 2. The van der Waals surface area contributed by atoms with E-state index < -0.39 is 0 Å². The first kappa shape index (κ1) is 35.3. The van der Waals surface area contributed by atoms with E-state index in [1.54, 1.807) is 0 Å². The third kappa shape index (κ3) is 6.48. The van der Waals surface area contributed by atoms with Gasteiger partial charge in [-0.15, -0.1) is 11.3 Å². The Kier molecular flexibility index (Phi) is 8.57. The van der Waals surface area contributed by atoms with Gasteiger partial charge in [0.2, 0.25) is 0 Å². The zero-order chi connectivity index (χ0) is 38.7. The summed E-state index contributed by atoms with van der Waals surface area (Å²) in [5.74, 6) is 1.53. The third-order valence-corrected chi connectivity index (χ3v) is 13.4. The van der Waals surface area contributed by atoms with Gasteiger partial charge in [-0.3, -0.25) is 0 Å². The number of aliphatic imine (C=N–C) groups is 2. The van der Waals surface area contributed by atoms with Gasteiger partial charge in [0.25, 0.3) is 0 Å². The zero-order valence-electron chi connectivity index (χ0n) is 32.9. The van der Waals surface area contributed by atoms with Gasteiger partial charge in [0.1, 0.15) is 12.0 Å². The normalized spacial score (nSPS) is 17.1. The molecule has 1 aromatic heterocycles. The van der Waals surface area contributed by atoms with Gasteiger partial charge in [-0.1, -0.05) is 167 Å². The van der Waals surface area contributed by atoms with Crippen LogP contribution in [0.3, 0.4) is 0 Å². The highest BCUT2D eigenvalue weighted by Crippen LogP contribution is 2.47. The van der Waals surface area contributed by atoms with Crippen molar-refractivity contribution in [2.24, 2.45) is 9.98 Å². The number of hydrogen-bond acceptors (Lipinski definition) is 4. The maximum absolute atomic E-state index is 5.36. The fraction of sp³-hybridized carbons (Fsp3) is 0.170. The molecule has 4 heteroatoms. The molecule has 0 spiro atoms. The highest BCUT2D eigenvalue weighted by molar-refractivity contribution is 7.26. The van der Waals surface area contributed by atoms with Crippen LogP contribution in [0.1, 0.15) is 74.5 Å². The van der Waals surface area contributed by atoms with Crippen molar-refractivity contribution in [2.75, 3.05) is 0 Å². The van der Waals surface area contributed by atoms with Crippen molar-refractivity contribution in [1.82, 2.24) is 5.32 Å². The number of thiophene rings is 1. The van der Waals surface area contributed by atoms with Crippen LogP contribution in [0, 0.1) is 0 Å². The van der Waals surface area contributed by atoms with E-state index in [-0.39, 0.29) is 17.0 Å². The summed E-state index contributed by atoms with van der Waals surface area (Å²) in [6.07, 6.45) is 2.06. The monoisotopic (exact) mass is 755 g/mol. The third-order valence-electron chi connectivity index (χ3n) is 12.2. The first-order valence-electron chi connectivity index (χ1n) is 20.1. The molecule has 1 aliphatic heterocycles. The Labute approximate surface area is 339 Å². The quantitative estimate of drug-likeness (QED) is 0.180. The topological polar surface area (TPSA) is 36.8 Å². The lowest BCUT2D eigenvalue weighted by Gasteiger charge is -2.42. The van der Waals surface area contributed by atoms with Crippen molar-refractivity contribution in [3.05, 3.63) is 192 Å². The molecule has 7 aromatic carbocycles. The molecule has 0 amide bonds. The second kappa shape index (κ2) is 13.8. The number of amidine groups is 2. The molecule has 2 aliphatic rings. The van der Waals surface area contributed by atoms with Crippen molar-refractivity contribution in [3.8, 4) is 33.4 Å². The van der Waals surface area contributed by atoms with E-state index in [0.29, 0.717) is 0 Å². The standard InChI is InChI=1S/C53H45N3S/c1-52(2)28-29-53(3,4)46-33-38(26-27-45(46)52)39-30-40(42-19-13-20-44-43-18-11-12-21-47(43)57-48(42)44)32-41(31-39)51-55-49(36-16-9-6-10-17-36)54-50(56-51)37-24-22-35(23-25-37)34-14-7-5-8-15-34/h5-27,30-33,49H,28-29H2,1-4H3,(H,54,55,56). The van der Waals surface area contributed by atoms with Crippen LogP contribution >= 0.6 is 11.3 Å². The lowest BCUT2D eigenvalue weighted by Crippen LogP contribution is -2.33. The number of benzene rings is 7. The molecular formula is C53H45N3S. The van der Waals surface area contributed by atoms with Crippen molar-refractivity contribution in [3.63, 3.8) is 0 Å². The minimum Gasteiger partial charge on any atom is -0.344 e. The molecular weight excluding hydrogens is 711 g/mol. The molecule has 1 N–H and O–H groups in total. The Balaban J connectivity index is 1.17. The average Bonchev–Trinajstić information content (AvgIpc) is 3.65. The van der Waals surface area contributed by atoms with Crippen LogP contribution in [0.15, 0.2) is 174 Å². The van der Waals surface area contributed by atoms with E-state index in [2.05, 4.69) is 197 Å². The van der Waals surface area contributed by atoms with Crippen LogP contribution in [0.2, 0.25) is 0 Å². The number of rotatable bonds is 6. The number of hydrogen-bond donors (Lipinski definition) is 1. The van der Waals surface area contributed by atoms with Gasteiger partial charge >= 0.3 is 0 Å². The lowest BCUT2D eigenvalue weighted by molar-refractivity contribution is 0.332. The maximum atomic E-state index is 5.36. The summed E-state index contributed by atoms with van der Waals surface area (Å²) in [5.41, 5.74) is 13.4. The van der Waals surface area contributed by atoms with Crippen molar-refractivity contribution in [1.29, 1.82) is 0 Å². The summed E-state index contributed by atoms with van der Waals surface area (Å²) in [7, 11) is 0. The molecule has 57 heavy (non-hydrogen) atoms. The van der Waals surface area contributed by atoms with Gasteiger partial charge in [-0.2, -0.15) is 0 Å². The highest BCUT2D eigenvalue weighted by atomic mass is 32.1. The van der Waals surface area contributed by atoms with E-state index in [9.17, 15) is 0 Å². The Bertz CT molecular complexity index is 2860.